The number of carbonyl (C=O) groups excluding carboxylic acids is 1. The number of amides is 1. The van der Waals surface area contributed by atoms with Gasteiger partial charge in [0.15, 0.2) is 23.9 Å². The van der Waals surface area contributed by atoms with E-state index in [2.05, 4.69) is 10.2 Å². The molecule has 0 aliphatic rings. The van der Waals surface area contributed by atoms with Crippen molar-refractivity contribution in [2.45, 2.75) is 13.3 Å². The molecule has 0 radical (unpaired) electrons. The summed E-state index contributed by atoms with van der Waals surface area (Å²) in [4.78, 5) is 14.2. The van der Waals surface area contributed by atoms with E-state index < -0.39 is 0 Å². The Kier molecular flexibility index (Phi) is 6.28. The maximum atomic E-state index is 12.7. The summed E-state index contributed by atoms with van der Waals surface area (Å²) in [7, 11) is 6.56. The maximum absolute atomic E-state index is 12.7. The maximum Gasteiger partial charge on any atom is 0.274 e. The molecular formula is C19H22ClN5O4. The molecule has 0 fully saturated rings. The summed E-state index contributed by atoms with van der Waals surface area (Å²) in [6, 6.07) is 6.98. The predicted molar refractivity (Wildman–Crippen MR) is 106 cm³/mol. The molecule has 1 aromatic carbocycles. The molecule has 0 aliphatic carbocycles. The van der Waals surface area contributed by atoms with Crippen LogP contribution < -0.4 is 14.2 Å². The van der Waals surface area contributed by atoms with Crippen molar-refractivity contribution in [3.63, 3.8) is 0 Å². The van der Waals surface area contributed by atoms with Crippen LogP contribution >= 0.6 is 11.6 Å². The molecule has 0 spiro atoms. The Labute approximate surface area is 173 Å². The third-order valence-electron chi connectivity index (χ3n) is 4.33. The van der Waals surface area contributed by atoms with E-state index >= 15 is 0 Å². The van der Waals surface area contributed by atoms with Gasteiger partial charge in [-0.05, 0) is 18.2 Å². The van der Waals surface area contributed by atoms with Gasteiger partial charge in [-0.3, -0.25) is 9.48 Å². The normalized spacial score (nSPS) is 10.7. The first kappa shape index (κ1) is 20.5. The lowest BCUT2D eigenvalue weighted by Gasteiger charge is -2.16. The molecule has 0 aliphatic heterocycles. The van der Waals surface area contributed by atoms with Crippen molar-refractivity contribution in [1.82, 2.24) is 24.5 Å². The average Bonchev–Trinajstić information content (AvgIpc) is 3.33. The van der Waals surface area contributed by atoms with Crippen LogP contribution in [0.4, 0.5) is 0 Å². The molecule has 29 heavy (non-hydrogen) atoms. The van der Waals surface area contributed by atoms with Crippen LogP contribution in [0, 0.1) is 0 Å². The number of benzene rings is 1. The zero-order valence-corrected chi connectivity index (χ0v) is 17.4. The second-order valence-corrected chi connectivity index (χ2v) is 6.64. The van der Waals surface area contributed by atoms with E-state index in [4.69, 9.17) is 25.8 Å². The van der Waals surface area contributed by atoms with Crippen LogP contribution in [0.1, 0.15) is 16.2 Å². The quantitative estimate of drug-likeness (QED) is 0.558. The van der Waals surface area contributed by atoms with Crippen molar-refractivity contribution in [2.75, 3.05) is 21.3 Å². The van der Waals surface area contributed by atoms with E-state index in [1.54, 1.807) is 69.7 Å². The second-order valence-electron chi connectivity index (χ2n) is 6.23. The average molecular weight is 420 g/mol. The minimum atomic E-state index is -0.240. The summed E-state index contributed by atoms with van der Waals surface area (Å²) in [6.07, 6.45) is 3.22. The Morgan fingerprint density at radius 2 is 1.90 bits per heavy atom. The van der Waals surface area contributed by atoms with Gasteiger partial charge in [-0.15, -0.1) is 0 Å². The van der Waals surface area contributed by atoms with Crippen LogP contribution in [0.3, 0.4) is 0 Å². The molecule has 2 aromatic heterocycles. The third-order valence-corrected chi connectivity index (χ3v) is 4.64. The highest BCUT2D eigenvalue weighted by Gasteiger charge is 2.18. The first-order valence-electron chi connectivity index (χ1n) is 8.73. The monoisotopic (exact) mass is 419 g/mol. The molecule has 3 aromatic rings. The van der Waals surface area contributed by atoms with Crippen molar-refractivity contribution in [1.29, 1.82) is 0 Å². The second kappa shape index (κ2) is 8.87. The van der Waals surface area contributed by atoms with Gasteiger partial charge in [0.05, 0.1) is 37.7 Å². The number of aromatic nitrogens is 4. The number of aryl methyl sites for hydroxylation is 1. The van der Waals surface area contributed by atoms with E-state index in [0.717, 1.165) is 5.69 Å². The molecule has 0 atom stereocenters. The van der Waals surface area contributed by atoms with Crippen LogP contribution in [-0.4, -0.2) is 51.6 Å². The van der Waals surface area contributed by atoms with E-state index in [-0.39, 0.29) is 12.6 Å². The summed E-state index contributed by atoms with van der Waals surface area (Å²) in [5.74, 6) is 1.31. The number of para-hydroxylation sites is 1. The van der Waals surface area contributed by atoms with Gasteiger partial charge in [-0.2, -0.15) is 10.2 Å². The Balaban J connectivity index is 1.67. The first-order chi connectivity index (χ1) is 13.9. The highest BCUT2D eigenvalue weighted by molar-refractivity contribution is 6.31. The molecule has 1 amide bonds. The number of ether oxygens (including phenoxy) is 3. The number of rotatable bonds is 8. The Bertz CT molecular complexity index is 959. The van der Waals surface area contributed by atoms with Crippen LogP contribution in [-0.2, 0) is 20.3 Å². The van der Waals surface area contributed by atoms with E-state index in [1.165, 1.54) is 9.58 Å². The number of hydrogen-bond acceptors (Lipinski definition) is 6. The molecule has 0 saturated heterocycles. The number of nitrogens with zero attached hydrogens (tertiary/aromatic N) is 5. The SMILES string of the molecule is COc1cccc(OC)c1OCn1ccc(C(=O)N(C)Cc2c(Cl)cnn2C)n1. The summed E-state index contributed by atoms with van der Waals surface area (Å²) in [5, 5.41) is 8.88. The van der Waals surface area contributed by atoms with Gasteiger partial charge in [-0.1, -0.05) is 17.7 Å². The van der Waals surface area contributed by atoms with Gasteiger partial charge >= 0.3 is 0 Å². The molecule has 0 bridgehead atoms. The topological polar surface area (TPSA) is 83.6 Å². The lowest BCUT2D eigenvalue weighted by atomic mass is 10.3. The minimum absolute atomic E-state index is 0.0846. The Morgan fingerprint density at radius 3 is 2.48 bits per heavy atom. The molecule has 0 unspecified atom stereocenters. The fourth-order valence-corrected chi connectivity index (χ4v) is 2.97. The smallest absolute Gasteiger partial charge is 0.274 e. The molecule has 2 heterocycles. The summed E-state index contributed by atoms with van der Waals surface area (Å²) in [6.45, 7) is 0.400. The predicted octanol–water partition coefficient (Wildman–Crippen LogP) is 2.60. The van der Waals surface area contributed by atoms with E-state index in [0.29, 0.717) is 34.5 Å². The molecule has 0 N–H and O–H groups in total. The van der Waals surface area contributed by atoms with Gasteiger partial charge in [-0.25, -0.2) is 4.68 Å². The van der Waals surface area contributed by atoms with Gasteiger partial charge in [0.25, 0.3) is 5.91 Å². The molecule has 10 heteroatoms. The fourth-order valence-electron chi connectivity index (χ4n) is 2.74. The molecule has 3 rings (SSSR count). The van der Waals surface area contributed by atoms with E-state index in [1.807, 2.05) is 0 Å². The van der Waals surface area contributed by atoms with Crippen molar-refractivity contribution in [2.24, 2.45) is 7.05 Å². The Hall–Kier alpha value is -3.20. The third kappa shape index (κ3) is 4.45. The largest absolute Gasteiger partial charge is 0.493 e. The van der Waals surface area contributed by atoms with Crippen LogP contribution in [0.5, 0.6) is 17.2 Å². The fraction of sp³-hybridized carbons (Fsp3) is 0.316. The van der Waals surface area contributed by atoms with Gasteiger partial charge < -0.3 is 19.1 Å². The van der Waals surface area contributed by atoms with Gasteiger partial charge in [0.2, 0.25) is 5.75 Å². The summed E-state index contributed by atoms with van der Waals surface area (Å²) >= 11 is 6.11. The van der Waals surface area contributed by atoms with Crippen LogP contribution in [0.15, 0.2) is 36.7 Å². The lowest BCUT2D eigenvalue weighted by molar-refractivity contribution is 0.0774. The number of halogens is 1. The van der Waals surface area contributed by atoms with Crippen molar-refractivity contribution in [3.05, 3.63) is 53.1 Å². The van der Waals surface area contributed by atoms with Gasteiger partial charge in [0, 0.05) is 20.3 Å². The van der Waals surface area contributed by atoms with Crippen molar-refractivity contribution in [3.8, 4) is 17.2 Å². The first-order valence-corrected chi connectivity index (χ1v) is 9.11. The highest BCUT2D eigenvalue weighted by atomic mass is 35.5. The zero-order chi connectivity index (χ0) is 21.0. The minimum Gasteiger partial charge on any atom is -0.493 e. The van der Waals surface area contributed by atoms with Crippen LogP contribution in [0.25, 0.3) is 0 Å². The summed E-state index contributed by atoms with van der Waals surface area (Å²) < 4.78 is 19.6. The number of carbonyl (C=O) groups is 1. The Morgan fingerprint density at radius 1 is 1.21 bits per heavy atom. The van der Waals surface area contributed by atoms with Crippen molar-refractivity contribution >= 4 is 17.5 Å². The zero-order valence-electron chi connectivity index (χ0n) is 16.6. The molecular weight excluding hydrogens is 398 g/mol. The van der Waals surface area contributed by atoms with E-state index in [9.17, 15) is 4.79 Å². The molecule has 9 nitrogen and oxygen atoms in total. The molecule has 154 valence electrons. The standard InChI is InChI=1S/C19H22ClN5O4/c1-23(11-15-13(20)10-21-24(15)2)19(26)14-8-9-25(22-14)12-29-18-16(27-3)6-5-7-17(18)28-4/h5-10H,11-12H2,1-4H3. The lowest BCUT2D eigenvalue weighted by Crippen LogP contribution is -2.28. The van der Waals surface area contributed by atoms with Gasteiger partial charge in [0.1, 0.15) is 0 Å². The summed E-state index contributed by atoms with van der Waals surface area (Å²) in [5.41, 5.74) is 1.04. The number of hydrogen-bond donors (Lipinski definition) is 0. The number of methoxy groups -OCH3 is 2. The molecule has 0 saturated carbocycles. The highest BCUT2D eigenvalue weighted by Crippen LogP contribution is 2.36. The van der Waals surface area contributed by atoms with Crippen LogP contribution in [0.2, 0.25) is 5.02 Å². The van der Waals surface area contributed by atoms with Crippen molar-refractivity contribution < 1.29 is 19.0 Å².